The first kappa shape index (κ1) is 22.2. The minimum absolute atomic E-state index is 0.127. The third kappa shape index (κ3) is 3.74. The van der Waals surface area contributed by atoms with Crippen LogP contribution in [0.15, 0.2) is 48.3 Å². The number of phenols is 1. The molecule has 1 aliphatic rings. The normalized spacial score (nSPS) is 17.4. The minimum Gasteiger partial charge on any atom is -0.507 e. The summed E-state index contributed by atoms with van der Waals surface area (Å²) in [6, 6.07) is 6.32. The number of methoxy groups -OCH3 is 1. The number of aromatic nitrogens is 2. The summed E-state index contributed by atoms with van der Waals surface area (Å²) in [5.74, 6) is -2.40. The van der Waals surface area contributed by atoms with Crippen molar-refractivity contribution in [3.63, 3.8) is 0 Å². The number of ketones is 2. The van der Waals surface area contributed by atoms with E-state index < -0.39 is 17.7 Å². The standard InChI is InChI=1S/C23H19N3O6S/c1-11-21(12(2)27)33-23(25-11)26-18(14-4-5-15(28)16(10-14)32-3)17(20(30)22(26)31)19(29)13-6-8-24-9-7-13/h4-10,18,28-29H,1-3H3. The Bertz CT molecular complexity index is 1310. The molecular formula is C23H19N3O6S. The van der Waals surface area contributed by atoms with Crippen molar-refractivity contribution in [2.75, 3.05) is 12.0 Å². The number of hydrogen-bond donors (Lipinski definition) is 2. The van der Waals surface area contributed by atoms with Crippen LogP contribution in [0, 0.1) is 6.92 Å². The number of pyridine rings is 1. The third-order valence-corrected chi connectivity index (χ3v) is 6.49. The van der Waals surface area contributed by atoms with Crippen molar-refractivity contribution in [1.82, 2.24) is 9.97 Å². The number of carbonyl (C=O) groups excluding carboxylic acids is 3. The van der Waals surface area contributed by atoms with Crippen molar-refractivity contribution >= 4 is 39.7 Å². The van der Waals surface area contributed by atoms with E-state index in [0.29, 0.717) is 21.7 Å². The van der Waals surface area contributed by atoms with Gasteiger partial charge in [0.15, 0.2) is 22.4 Å². The lowest BCUT2D eigenvalue weighted by molar-refractivity contribution is -0.132. The minimum atomic E-state index is -1.07. The van der Waals surface area contributed by atoms with Gasteiger partial charge >= 0.3 is 5.91 Å². The molecule has 10 heteroatoms. The fourth-order valence-electron chi connectivity index (χ4n) is 3.69. The van der Waals surface area contributed by atoms with Gasteiger partial charge in [-0.2, -0.15) is 0 Å². The van der Waals surface area contributed by atoms with E-state index in [1.165, 1.54) is 56.8 Å². The second-order valence-corrected chi connectivity index (χ2v) is 8.28. The van der Waals surface area contributed by atoms with Gasteiger partial charge in [-0.1, -0.05) is 17.4 Å². The molecule has 9 nitrogen and oxygen atoms in total. The Morgan fingerprint density at radius 3 is 2.48 bits per heavy atom. The maximum Gasteiger partial charge on any atom is 0.301 e. The molecule has 0 radical (unpaired) electrons. The number of aryl methyl sites for hydroxylation is 1. The van der Waals surface area contributed by atoms with Crippen LogP contribution in [-0.4, -0.2) is 44.8 Å². The van der Waals surface area contributed by atoms with Crippen molar-refractivity contribution in [3.8, 4) is 11.5 Å². The summed E-state index contributed by atoms with van der Waals surface area (Å²) in [4.78, 5) is 48.1. The smallest absolute Gasteiger partial charge is 0.301 e. The fraction of sp³-hybridized carbons (Fsp3) is 0.174. The number of benzene rings is 1. The summed E-state index contributed by atoms with van der Waals surface area (Å²) in [6.07, 6.45) is 2.90. The Hall–Kier alpha value is -4.05. The van der Waals surface area contributed by atoms with Gasteiger partial charge in [0.25, 0.3) is 5.78 Å². The number of carbonyl (C=O) groups is 3. The van der Waals surface area contributed by atoms with E-state index in [0.717, 1.165) is 16.2 Å². The molecule has 3 heterocycles. The number of nitrogens with zero attached hydrogens (tertiary/aromatic N) is 3. The number of amides is 1. The molecule has 0 bridgehead atoms. The van der Waals surface area contributed by atoms with Crippen LogP contribution in [0.2, 0.25) is 0 Å². The van der Waals surface area contributed by atoms with Gasteiger partial charge in [0, 0.05) is 24.9 Å². The van der Waals surface area contributed by atoms with E-state index in [2.05, 4.69) is 9.97 Å². The quantitative estimate of drug-likeness (QED) is 0.254. The first-order chi connectivity index (χ1) is 15.7. The SMILES string of the molecule is COc1cc(C2C(=C(O)c3ccncc3)C(=O)C(=O)N2c2nc(C)c(C(C)=O)s2)ccc1O. The summed E-state index contributed by atoms with van der Waals surface area (Å²) < 4.78 is 5.19. The van der Waals surface area contributed by atoms with Crippen molar-refractivity contribution in [1.29, 1.82) is 0 Å². The molecule has 2 N–H and O–H groups in total. The van der Waals surface area contributed by atoms with Gasteiger partial charge in [-0.25, -0.2) is 4.98 Å². The molecule has 4 rings (SSSR count). The maximum atomic E-state index is 13.2. The topological polar surface area (TPSA) is 130 Å². The second kappa shape index (κ2) is 8.47. The number of phenolic OH excluding ortho intramolecular Hbond substituents is 1. The van der Waals surface area contributed by atoms with Crippen LogP contribution in [-0.2, 0) is 9.59 Å². The molecular weight excluding hydrogens is 446 g/mol. The monoisotopic (exact) mass is 465 g/mol. The predicted molar refractivity (Wildman–Crippen MR) is 121 cm³/mol. The number of aliphatic hydroxyl groups is 1. The van der Waals surface area contributed by atoms with Crippen LogP contribution in [0.25, 0.3) is 5.76 Å². The van der Waals surface area contributed by atoms with Crippen LogP contribution in [0.5, 0.6) is 11.5 Å². The molecule has 33 heavy (non-hydrogen) atoms. The van der Waals surface area contributed by atoms with E-state index in [1.54, 1.807) is 6.92 Å². The molecule has 0 aliphatic carbocycles. The van der Waals surface area contributed by atoms with Crippen LogP contribution >= 0.6 is 11.3 Å². The largest absolute Gasteiger partial charge is 0.507 e. The zero-order valence-electron chi connectivity index (χ0n) is 17.9. The first-order valence-electron chi connectivity index (χ1n) is 9.81. The summed E-state index contributed by atoms with van der Waals surface area (Å²) >= 11 is 0.989. The molecule has 1 fully saturated rings. The van der Waals surface area contributed by atoms with Gasteiger partial charge in [-0.15, -0.1) is 0 Å². The lowest BCUT2D eigenvalue weighted by Gasteiger charge is -2.23. The number of aliphatic hydroxyl groups excluding tert-OH is 1. The number of aromatic hydroxyl groups is 1. The zero-order chi connectivity index (χ0) is 23.9. The lowest BCUT2D eigenvalue weighted by atomic mass is 9.95. The van der Waals surface area contributed by atoms with Crippen LogP contribution in [0.1, 0.15) is 39.5 Å². The van der Waals surface area contributed by atoms with Gasteiger partial charge < -0.3 is 14.9 Å². The molecule has 0 saturated carbocycles. The molecule has 1 aromatic carbocycles. The van der Waals surface area contributed by atoms with Crippen LogP contribution in [0.4, 0.5) is 5.13 Å². The average Bonchev–Trinajstić information content (AvgIpc) is 3.31. The Morgan fingerprint density at radius 1 is 1.18 bits per heavy atom. The Morgan fingerprint density at radius 2 is 1.88 bits per heavy atom. The molecule has 2 aromatic heterocycles. The highest BCUT2D eigenvalue weighted by molar-refractivity contribution is 7.18. The summed E-state index contributed by atoms with van der Waals surface area (Å²) in [5.41, 5.74) is 0.979. The van der Waals surface area contributed by atoms with Crippen molar-refractivity contribution in [2.45, 2.75) is 19.9 Å². The van der Waals surface area contributed by atoms with E-state index in [9.17, 15) is 24.6 Å². The number of hydrogen-bond acceptors (Lipinski definition) is 9. The van der Waals surface area contributed by atoms with Crippen molar-refractivity contribution < 1.29 is 29.3 Å². The van der Waals surface area contributed by atoms with Gasteiger partial charge in [0.05, 0.1) is 29.3 Å². The number of thiazole rings is 1. The van der Waals surface area contributed by atoms with E-state index >= 15 is 0 Å². The summed E-state index contributed by atoms with van der Waals surface area (Å²) in [5, 5.41) is 21.2. The van der Waals surface area contributed by atoms with Gasteiger partial charge in [-0.3, -0.25) is 24.3 Å². The third-order valence-electron chi connectivity index (χ3n) is 5.23. The molecule has 1 amide bonds. The number of Topliss-reactive ketones (excluding diaryl/α,β-unsaturated/α-hetero) is 2. The maximum absolute atomic E-state index is 13.2. The zero-order valence-corrected chi connectivity index (χ0v) is 18.7. The van der Waals surface area contributed by atoms with E-state index in [-0.39, 0.29) is 33.7 Å². The Kier molecular flexibility index (Phi) is 5.69. The highest BCUT2D eigenvalue weighted by atomic mass is 32.1. The van der Waals surface area contributed by atoms with Gasteiger partial charge in [0.1, 0.15) is 5.76 Å². The molecule has 1 unspecified atom stereocenters. The first-order valence-corrected chi connectivity index (χ1v) is 10.6. The average molecular weight is 465 g/mol. The number of ether oxygens (including phenoxy) is 1. The lowest BCUT2D eigenvalue weighted by Crippen LogP contribution is -2.29. The fourth-order valence-corrected chi connectivity index (χ4v) is 4.68. The Balaban J connectivity index is 1.98. The highest BCUT2D eigenvalue weighted by Crippen LogP contribution is 2.45. The molecule has 1 saturated heterocycles. The molecule has 168 valence electrons. The van der Waals surface area contributed by atoms with Crippen molar-refractivity contribution in [2.24, 2.45) is 0 Å². The van der Waals surface area contributed by atoms with Crippen LogP contribution < -0.4 is 9.64 Å². The van der Waals surface area contributed by atoms with E-state index in [4.69, 9.17) is 4.74 Å². The van der Waals surface area contributed by atoms with Gasteiger partial charge in [-0.05, 0) is 36.8 Å². The summed E-state index contributed by atoms with van der Waals surface area (Å²) in [7, 11) is 1.37. The van der Waals surface area contributed by atoms with Crippen molar-refractivity contribution in [3.05, 3.63) is 70.0 Å². The highest BCUT2D eigenvalue weighted by Gasteiger charge is 2.48. The summed E-state index contributed by atoms with van der Waals surface area (Å²) in [6.45, 7) is 3.03. The Labute approximate surface area is 192 Å². The molecule has 1 atom stereocenters. The predicted octanol–water partition coefficient (Wildman–Crippen LogP) is 3.39. The number of rotatable bonds is 5. The molecule has 3 aromatic rings. The molecule has 1 aliphatic heterocycles. The van der Waals surface area contributed by atoms with Crippen LogP contribution in [0.3, 0.4) is 0 Å². The van der Waals surface area contributed by atoms with Gasteiger partial charge in [0.2, 0.25) is 0 Å². The van der Waals surface area contributed by atoms with E-state index in [1.807, 2.05) is 0 Å². The number of anilines is 1. The molecule has 0 spiro atoms. The second-order valence-electron chi connectivity index (χ2n) is 7.30.